The Labute approximate surface area is 111 Å². The third-order valence-corrected chi connectivity index (χ3v) is 2.90. The average molecular weight is 263 g/mol. The second-order valence-electron chi connectivity index (χ2n) is 4.27. The molecule has 5 nitrogen and oxygen atoms in total. The summed E-state index contributed by atoms with van der Waals surface area (Å²) in [5.74, 6) is -0.322. The highest BCUT2D eigenvalue weighted by atomic mass is 19.1. The topological polar surface area (TPSA) is 55.6 Å². The largest absolute Gasteiger partial charge is 0.305 e. The molecule has 2 aromatic heterocycles. The van der Waals surface area contributed by atoms with E-state index in [0.717, 1.165) is 25.2 Å². The van der Waals surface area contributed by atoms with Crippen LogP contribution in [0.15, 0.2) is 24.7 Å². The molecule has 0 fully saturated rings. The van der Waals surface area contributed by atoms with E-state index in [2.05, 4.69) is 27.5 Å². The summed E-state index contributed by atoms with van der Waals surface area (Å²) >= 11 is 0. The van der Waals surface area contributed by atoms with E-state index in [-0.39, 0.29) is 11.9 Å². The van der Waals surface area contributed by atoms with Gasteiger partial charge < -0.3 is 5.32 Å². The Hall–Kier alpha value is -1.82. The van der Waals surface area contributed by atoms with Crippen LogP contribution in [0.25, 0.3) is 0 Å². The zero-order valence-corrected chi connectivity index (χ0v) is 11.2. The summed E-state index contributed by atoms with van der Waals surface area (Å²) < 4.78 is 15.7. The Morgan fingerprint density at radius 3 is 2.89 bits per heavy atom. The molecule has 0 spiro atoms. The third kappa shape index (κ3) is 2.96. The van der Waals surface area contributed by atoms with Crippen LogP contribution in [0.3, 0.4) is 0 Å². The summed E-state index contributed by atoms with van der Waals surface area (Å²) in [7, 11) is 0. The fourth-order valence-corrected chi connectivity index (χ4v) is 2.07. The lowest BCUT2D eigenvalue weighted by atomic mass is 10.0. The van der Waals surface area contributed by atoms with Crippen LogP contribution >= 0.6 is 0 Å². The Morgan fingerprint density at radius 2 is 2.21 bits per heavy atom. The number of pyridine rings is 1. The van der Waals surface area contributed by atoms with Crippen molar-refractivity contribution in [2.75, 3.05) is 6.54 Å². The number of hydrogen-bond donors (Lipinski definition) is 1. The van der Waals surface area contributed by atoms with Crippen LogP contribution in [-0.4, -0.2) is 26.5 Å². The molecular formula is C13H18FN5. The first kappa shape index (κ1) is 13.6. The Morgan fingerprint density at radius 1 is 1.37 bits per heavy atom. The van der Waals surface area contributed by atoms with E-state index < -0.39 is 0 Å². The van der Waals surface area contributed by atoms with E-state index >= 15 is 0 Å². The highest BCUT2D eigenvalue weighted by Crippen LogP contribution is 2.23. The van der Waals surface area contributed by atoms with Crippen molar-refractivity contribution in [1.29, 1.82) is 0 Å². The van der Waals surface area contributed by atoms with Crippen LogP contribution in [0.4, 0.5) is 4.39 Å². The molecule has 1 unspecified atom stereocenters. The van der Waals surface area contributed by atoms with Crippen LogP contribution in [-0.2, 0) is 6.54 Å². The Kier molecular flexibility index (Phi) is 4.57. The van der Waals surface area contributed by atoms with Crippen molar-refractivity contribution in [2.45, 2.75) is 32.9 Å². The van der Waals surface area contributed by atoms with Crippen molar-refractivity contribution in [2.24, 2.45) is 0 Å². The molecule has 0 aliphatic rings. The maximum atomic E-state index is 13.9. The first-order valence-corrected chi connectivity index (χ1v) is 6.49. The van der Waals surface area contributed by atoms with Gasteiger partial charge in [0.15, 0.2) is 0 Å². The smallest absolute Gasteiger partial charge is 0.146 e. The van der Waals surface area contributed by atoms with E-state index in [1.54, 1.807) is 18.5 Å². The average Bonchev–Trinajstić information content (AvgIpc) is 2.86. The summed E-state index contributed by atoms with van der Waals surface area (Å²) in [5.41, 5.74) is 1.44. The van der Waals surface area contributed by atoms with Gasteiger partial charge in [-0.25, -0.2) is 9.07 Å². The summed E-state index contributed by atoms with van der Waals surface area (Å²) in [6.45, 7) is 5.55. The number of aromatic nitrogens is 4. The standard InChI is InChI=1S/C13H18FN5/c1-3-7-19-12(9-17-18-19)13(16-4-2)10-5-6-15-8-11(10)14/h5-6,8-9,13,16H,3-4,7H2,1-2H3. The van der Waals surface area contributed by atoms with Gasteiger partial charge in [-0.1, -0.05) is 19.1 Å². The lowest BCUT2D eigenvalue weighted by Gasteiger charge is -2.19. The van der Waals surface area contributed by atoms with Crippen molar-refractivity contribution in [3.63, 3.8) is 0 Å². The minimum absolute atomic E-state index is 0.255. The van der Waals surface area contributed by atoms with Gasteiger partial charge in [0.05, 0.1) is 24.1 Å². The highest BCUT2D eigenvalue weighted by Gasteiger charge is 2.21. The van der Waals surface area contributed by atoms with Crippen LogP contribution < -0.4 is 5.32 Å². The van der Waals surface area contributed by atoms with Gasteiger partial charge in [-0.2, -0.15) is 0 Å². The van der Waals surface area contributed by atoms with Crippen molar-refractivity contribution >= 4 is 0 Å². The van der Waals surface area contributed by atoms with Crippen LogP contribution in [0, 0.1) is 5.82 Å². The van der Waals surface area contributed by atoms with Gasteiger partial charge in [-0.3, -0.25) is 4.98 Å². The van der Waals surface area contributed by atoms with E-state index in [4.69, 9.17) is 0 Å². The van der Waals surface area contributed by atoms with Gasteiger partial charge >= 0.3 is 0 Å². The van der Waals surface area contributed by atoms with Gasteiger partial charge in [0.1, 0.15) is 5.82 Å². The van der Waals surface area contributed by atoms with Gasteiger partial charge in [0.2, 0.25) is 0 Å². The Bertz CT molecular complexity index is 525. The van der Waals surface area contributed by atoms with Crippen LogP contribution in [0.5, 0.6) is 0 Å². The first-order chi connectivity index (χ1) is 9.27. The van der Waals surface area contributed by atoms with Gasteiger partial charge in [0, 0.05) is 18.3 Å². The van der Waals surface area contributed by atoms with E-state index in [1.165, 1.54) is 6.20 Å². The zero-order valence-electron chi connectivity index (χ0n) is 11.2. The summed E-state index contributed by atoms with van der Waals surface area (Å²) in [5, 5.41) is 11.3. The fourth-order valence-electron chi connectivity index (χ4n) is 2.07. The molecule has 102 valence electrons. The third-order valence-electron chi connectivity index (χ3n) is 2.90. The number of hydrogen-bond acceptors (Lipinski definition) is 4. The predicted molar refractivity (Wildman–Crippen MR) is 70.0 cm³/mol. The summed E-state index contributed by atoms with van der Waals surface area (Å²) in [6.07, 6.45) is 5.46. The summed E-state index contributed by atoms with van der Waals surface area (Å²) in [4.78, 5) is 3.79. The molecule has 6 heteroatoms. The molecule has 0 aliphatic heterocycles. The number of nitrogens with one attached hydrogen (secondary N) is 1. The molecule has 0 aromatic carbocycles. The molecule has 0 radical (unpaired) electrons. The monoisotopic (exact) mass is 263 g/mol. The van der Waals surface area contributed by atoms with E-state index in [0.29, 0.717) is 5.56 Å². The number of nitrogens with zero attached hydrogens (tertiary/aromatic N) is 4. The van der Waals surface area contributed by atoms with Crippen molar-refractivity contribution in [3.05, 3.63) is 41.7 Å². The van der Waals surface area contributed by atoms with Gasteiger partial charge in [0.25, 0.3) is 0 Å². The maximum Gasteiger partial charge on any atom is 0.146 e. The maximum absolute atomic E-state index is 13.9. The molecule has 2 rings (SSSR count). The SMILES string of the molecule is CCCn1nncc1C(NCC)c1ccncc1F. The number of aryl methyl sites for hydroxylation is 1. The molecule has 0 bridgehead atoms. The lowest BCUT2D eigenvalue weighted by Crippen LogP contribution is -2.26. The second kappa shape index (κ2) is 6.38. The molecule has 0 aliphatic carbocycles. The van der Waals surface area contributed by atoms with Crippen LogP contribution in [0.2, 0.25) is 0 Å². The van der Waals surface area contributed by atoms with Gasteiger partial charge in [-0.05, 0) is 19.0 Å². The highest BCUT2D eigenvalue weighted by molar-refractivity contribution is 5.26. The molecule has 0 saturated carbocycles. The minimum Gasteiger partial charge on any atom is -0.305 e. The molecule has 0 saturated heterocycles. The van der Waals surface area contributed by atoms with E-state index in [9.17, 15) is 4.39 Å². The molecule has 1 N–H and O–H groups in total. The normalized spacial score (nSPS) is 12.6. The molecule has 19 heavy (non-hydrogen) atoms. The van der Waals surface area contributed by atoms with Crippen molar-refractivity contribution in [3.8, 4) is 0 Å². The number of rotatable bonds is 6. The predicted octanol–water partition coefficient (Wildman–Crippen LogP) is 1.92. The quantitative estimate of drug-likeness (QED) is 0.865. The number of halogens is 1. The molecular weight excluding hydrogens is 245 g/mol. The van der Waals surface area contributed by atoms with Crippen molar-refractivity contribution < 1.29 is 4.39 Å². The first-order valence-electron chi connectivity index (χ1n) is 6.49. The fraction of sp³-hybridized carbons (Fsp3) is 0.462. The zero-order chi connectivity index (χ0) is 13.7. The molecule has 2 heterocycles. The molecule has 0 amide bonds. The van der Waals surface area contributed by atoms with E-state index in [1.807, 2.05) is 11.6 Å². The second-order valence-corrected chi connectivity index (χ2v) is 4.27. The summed E-state index contributed by atoms with van der Waals surface area (Å²) in [6, 6.07) is 1.43. The van der Waals surface area contributed by atoms with Crippen LogP contribution in [0.1, 0.15) is 37.6 Å². The Balaban J connectivity index is 2.40. The minimum atomic E-state index is -0.322. The lowest BCUT2D eigenvalue weighted by molar-refractivity contribution is 0.495. The molecule has 2 aromatic rings. The van der Waals surface area contributed by atoms with Gasteiger partial charge in [-0.15, -0.1) is 5.10 Å². The van der Waals surface area contributed by atoms with Crippen molar-refractivity contribution in [1.82, 2.24) is 25.3 Å². The molecule has 1 atom stereocenters.